The molecule has 0 N–H and O–H groups in total. The van der Waals surface area contributed by atoms with Gasteiger partial charge in [0.05, 0.1) is 0 Å². The fourth-order valence-electron chi connectivity index (χ4n) is 3.15. The molecule has 1 saturated heterocycles. The van der Waals surface area contributed by atoms with E-state index in [0.717, 1.165) is 34.6 Å². The molecule has 1 amide bonds. The zero-order valence-electron chi connectivity index (χ0n) is 15.6. The van der Waals surface area contributed by atoms with Crippen LogP contribution in [0.25, 0.3) is 0 Å². The lowest BCUT2D eigenvalue weighted by Gasteiger charge is -2.35. The number of nitrogens with zero attached hydrogens (tertiary/aromatic N) is 3. The molecule has 8 heteroatoms. The van der Waals surface area contributed by atoms with E-state index >= 15 is 0 Å². The molecule has 3 aromatic rings. The number of anilines is 1. The van der Waals surface area contributed by atoms with Gasteiger partial charge in [0, 0.05) is 47.3 Å². The molecule has 2 aromatic carbocycles. The maximum atomic E-state index is 12.8. The lowest BCUT2D eigenvalue weighted by Crippen LogP contribution is -2.48. The van der Waals surface area contributed by atoms with Crippen LogP contribution in [-0.2, 0) is 6.61 Å². The number of benzene rings is 2. The summed E-state index contributed by atoms with van der Waals surface area (Å²) in [5.74, 6) is 0.680. The number of carbonyl (C=O) groups excluding carboxylic acids is 1. The standard InChI is InChI=1S/C21H19Cl2N3O2S/c22-15-4-6-18(7-5-15)28-13-20-24-19(14-29-20)21(27)26-10-8-25(9-11-26)17-3-1-2-16(23)12-17/h1-7,12,14H,8-11,13H2. The summed E-state index contributed by atoms with van der Waals surface area (Å²) < 4.78 is 5.71. The van der Waals surface area contributed by atoms with Gasteiger partial charge in [-0.2, -0.15) is 0 Å². The normalized spacial score (nSPS) is 14.1. The van der Waals surface area contributed by atoms with Gasteiger partial charge in [-0.3, -0.25) is 4.79 Å². The molecule has 29 heavy (non-hydrogen) atoms. The maximum Gasteiger partial charge on any atom is 0.273 e. The van der Waals surface area contributed by atoms with Crippen molar-refractivity contribution in [1.29, 1.82) is 0 Å². The fraction of sp³-hybridized carbons (Fsp3) is 0.238. The van der Waals surface area contributed by atoms with Crippen LogP contribution in [0, 0.1) is 0 Å². The summed E-state index contributed by atoms with van der Waals surface area (Å²) in [5.41, 5.74) is 1.56. The molecule has 0 bridgehead atoms. The largest absolute Gasteiger partial charge is 0.486 e. The van der Waals surface area contributed by atoms with Crippen LogP contribution >= 0.6 is 34.5 Å². The van der Waals surface area contributed by atoms with Gasteiger partial charge in [-0.05, 0) is 42.5 Å². The summed E-state index contributed by atoms with van der Waals surface area (Å²) >= 11 is 13.4. The molecule has 1 aromatic heterocycles. The third-order valence-electron chi connectivity index (χ3n) is 4.69. The van der Waals surface area contributed by atoms with Gasteiger partial charge in [-0.25, -0.2) is 4.98 Å². The van der Waals surface area contributed by atoms with E-state index in [1.54, 1.807) is 29.6 Å². The van der Waals surface area contributed by atoms with Crippen molar-refractivity contribution in [2.45, 2.75) is 6.61 Å². The second-order valence-electron chi connectivity index (χ2n) is 6.63. The molecule has 1 aliphatic heterocycles. The maximum absolute atomic E-state index is 12.8. The van der Waals surface area contributed by atoms with Gasteiger partial charge in [-0.1, -0.05) is 29.3 Å². The Balaban J connectivity index is 1.31. The molecular formula is C21H19Cl2N3O2S. The van der Waals surface area contributed by atoms with Crippen molar-refractivity contribution < 1.29 is 9.53 Å². The van der Waals surface area contributed by atoms with Crippen molar-refractivity contribution in [2.24, 2.45) is 0 Å². The molecule has 0 unspecified atom stereocenters. The van der Waals surface area contributed by atoms with Crippen LogP contribution in [-0.4, -0.2) is 42.0 Å². The first-order chi connectivity index (χ1) is 14.1. The van der Waals surface area contributed by atoms with E-state index < -0.39 is 0 Å². The molecule has 1 fully saturated rings. The zero-order valence-corrected chi connectivity index (χ0v) is 17.9. The number of aromatic nitrogens is 1. The first-order valence-corrected chi connectivity index (χ1v) is 10.8. The van der Waals surface area contributed by atoms with E-state index in [9.17, 15) is 4.79 Å². The number of hydrogen-bond donors (Lipinski definition) is 0. The highest BCUT2D eigenvalue weighted by Crippen LogP contribution is 2.22. The minimum atomic E-state index is -0.0373. The predicted molar refractivity (Wildman–Crippen MR) is 117 cm³/mol. The van der Waals surface area contributed by atoms with Gasteiger partial charge in [0.25, 0.3) is 5.91 Å². The molecule has 0 aliphatic carbocycles. The van der Waals surface area contributed by atoms with Gasteiger partial charge < -0.3 is 14.5 Å². The number of amides is 1. The highest BCUT2D eigenvalue weighted by atomic mass is 35.5. The van der Waals surface area contributed by atoms with E-state index in [4.69, 9.17) is 27.9 Å². The van der Waals surface area contributed by atoms with Crippen molar-refractivity contribution in [2.75, 3.05) is 31.1 Å². The summed E-state index contributed by atoms with van der Waals surface area (Å²) in [7, 11) is 0. The number of thiazole rings is 1. The number of halogens is 2. The lowest BCUT2D eigenvalue weighted by atomic mass is 10.2. The summed E-state index contributed by atoms with van der Waals surface area (Å²) in [5, 5.41) is 3.94. The summed E-state index contributed by atoms with van der Waals surface area (Å²) in [6.45, 7) is 3.16. The smallest absolute Gasteiger partial charge is 0.273 e. The van der Waals surface area contributed by atoms with Crippen LogP contribution in [0.4, 0.5) is 5.69 Å². The quantitative estimate of drug-likeness (QED) is 0.552. The van der Waals surface area contributed by atoms with Crippen molar-refractivity contribution in [3.63, 3.8) is 0 Å². The van der Waals surface area contributed by atoms with Gasteiger partial charge in [-0.15, -0.1) is 11.3 Å². The molecule has 1 aliphatic rings. The molecule has 0 atom stereocenters. The van der Waals surface area contributed by atoms with Crippen LogP contribution in [0.5, 0.6) is 5.75 Å². The topological polar surface area (TPSA) is 45.7 Å². The zero-order chi connectivity index (χ0) is 20.2. The van der Waals surface area contributed by atoms with E-state index in [1.807, 2.05) is 29.2 Å². The van der Waals surface area contributed by atoms with Crippen LogP contribution in [0.1, 0.15) is 15.5 Å². The minimum absolute atomic E-state index is 0.0373. The van der Waals surface area contributed by atoms with Crippen molar-refractivity contribution >= 4 is 46.1 Å². The van der Waals surface area contributed by atoms with E-state index in [2.05, 4.69) is 9.88 Å². The molecule has 0 radical (unpaired) electrons. The first kappa shape index (κ1) is 20.0. The van der Waals surface area contributed by atoms with Crippen LogP contribution in [0.15, 0.2) is 53.9 Å². The highest BCUT2D eigenvalue weighted by molar-refractivity contribution is 7.09. The fourth-order valence-corrected chi connectivity index (χ4v) is 4.14. The molecule has 0 saturated carbocycles. The molecule has 2 heterocycles. The van der Waals surface area contributed by atoms with Crippen LogP contribution in [0.2, 0.25) is 10.0 Å². The number of hydrogen-bond acceptors (Lipinski definition) is 5. The second-order valence-corrected chi connectivity index (χ2v) is 8.44. The minimum Gasteiger partial charge on any atom is -0.486 e. The third-order valence-corrected chi connectivity index (χ3v) is 6.00. The molecule has 150 valence electrons. The average Bonchev–Trinajstić information content (AvgIpc) is 3.22. The monoisotopic (exact) mass is 447 g/mol. The second kappa shape index (κ2) is 9.03. The Bertz CT molecular complexity index is 986. The van der Waals surface area contributed by atoms with Gasteiger partial charge in [0.2, 0.25) is 0 Å². The Labute approximate surface area is 183 Å². The molecule has 4 rings (SSSR count). The third kappa shape index (κ3) is 5.01. The summed E-state index contributed by atoms with van der Waals surface area (Å²) in [4.78, 5) is 21.3. The van der Waals surface area contributed by atoms with E-state index in [1.165, 1.54) is 11.3 Å². The summed E-state index contributed by atoms with van der Waals surface area (Å²) in [6.07, 6.45) is 0. The number of piperazine rings is 1. The Morgan fingerprint density at radius 2 is 1.79 bits per heavy atom. The van der Waals surface area contributed by atoms with E-state index in [-0.39, 0.29) is 5.91 Å². The highest BCUT2D eigenvalue weighted by Gasteiger charge is 2.24. The van der Waals surface area contributed by atoms with Gasteiger partial charge in [0.15, 0.2) is 0 Å². The van der Waals surface area contributed by atoms with Crippen LogP contribution in [0.3, 0.4) is 0 Å². The molecule has 0 spiro atoms. The van der Waals surface area contributed by atoms with Crippen molar-refractivity contribution in [3.05, 3.63) is 74.7 Å². The van der Waals surface area contributed by atoms with Crippen molar-refractivity contribution in [1.82, 2.24) is 9.88 Å². The Kier molecular flexibility index (Phi) is 6.23. The Morgan fingerprint density at radius 1 is 1.03 bits per heavy atom. The molecule has 5 nitrogen and oxygen atoms in total. The van der Waals surface area contributed by atoms with Gasteiger partial charge in [0.1, 0.15) is 23.1 Å². The Morgan fingerprint density at radius 3 is 2.52 bits per heavy atom. The Hall–Kier alpha value is -2.28. The number of carbonyl (C=O) groups is 1. The number of ether oxygens (including phenoxy) is 1. The lowest BCUT2D eigenvalue weighted by molar-refractivity contribution is 0.0741. The van der Waals surface area contributed by atoms with Crippen molar-refractivity contribution in [3.8, 4) is 5.75 Å². The molecular weight excluding hydrogens is 429 g/mol. The first-order valence-electron chi connectivity index (χ1n) is 9.21. The average molecular weight is 448 g/mol. The van der Waals surface area contributed by atoms with Crippen LogP contribution < -0.4 is 9.64 Å². The van der Waals surface area contributed by atoms with Gasteiger partial charge >= 0.3 is 0 Å². The predicted octanol–water partition coefficient (Wildman–Crippen LogP) is 4.99. The SMILES string of the molecule is O=C(c1csc(COc2ccc(Cl)cc2)n1)N1CCN(c2cccc(Cl)c2)CC1. The summed E-state index contributed by atoms with van der Waals surface area (Å²) in [6, 6.07) is 15.0. The number of rotatable bonds is 5. The van der Waals surface area contributed by atoms with E-state index in [0.29, 0.717) is 30.4 Å².